The molecule has 0 saturated heterocycles. The number of carboxylic acids is 1. The Morgan fingerprint density at radius 3 is 1.94 bits per heavy atom. The molecule has 0 fully saturated rings. The Morgan fingerprint density at radius 2 is 1.38 bits per heavy atom. The standard InChI is InChI=1S/C26H33ClO5/c1-2-3-4-5-6-7-8-9-10-11-18-31-22-15-12-20(13-16-22)26(30)32-24-17-14-21(25(28)29)19-23(24)27/h12-17,19H,2-11,18H2,1H3,(H,28,29). The number of ether oxygens (including phenoxy) is 2. The van der Waals surface area contributed by atoms with Crippen molar-refractivity contribution < 1.29 is 24.2 Å². The molecule has 0 saturated carbocycles. The van der Waals surface area contributed by atoms with Gasteiger partial charge in [-0.3, -0.25) is 0 Å². The van der Waals surface area contributed by atoms with Crippen molar-refractivity contribution >= 4 is 23.5 Å². The van der Waals surface area contributed by atoms with Crippen LogP contribution in [0.1, 0.15) is 91.8 Å². The number of benzene rings is 2. The van der Waals surface area contributed by atoms with Crippen LogP contribution in [0.25, 0.3) is 0 Å². The van der Waals surface area contributed by atoms with Crippen molar-refractivity contribution in [1.29, 1.82) is 0 Å². The summed E-state index contributed by atoms with van der Waals surface area (Å²) in [6.07, 6.45) is 12.8. The van der Waals surface area contributed by atoms with Crippen LogP contribution >= 0.6 is 11.6 Å². The number of esters is 1. The molecule has 0 aliphatic heterocycles. The summed E-state index contributed by atoms with van der Waals surface area (Å²) in [7, 11) is 0. The molecule has 0 aromatic heterocycles. The number of carboxylic acid groups (broad SMARTS) is 1. The Morgan fingerprint density at radius 1 is 0.812 bits per heavy atom. The van der Waals surface area contributed by atoms with Gasteiger partial charge in [0.05, 0.1) is 22.8 Å². The summed E-state index contributed by atoms with van der Waals surface area (Å²) in [4.78, 5) is 23.3. The van der Waals surface area contributed by atoms with Gasteiger partial charge in [-0.05, 0) is 48.9 Å². The molecule has 0 unspecified atom stereocenters. The maximum Gasteiger partial charge on any atom is 0.343 e. The predicted octanol–water partition coefficient (Wildman–Crippen LogP) is 7.56. The largest absolute Gasteiger partial charge is 0.494 e. The third-order valence-corrected chi connectivity index (χ3v) is 5.53. The molecule has 1 N–H and O–H groups in total. The smallest absolute Gasteiger partial charge is 0.343 e. The summed E-state index contributed by atoms with van der Waals surface area (Å²) < 4.78 is 11.0. The molecular weight excluding hydrogens is 428 g/mol. The molecule has 2 aromatic rings. The van der Waals surface area contributed by atoms with Crippen LogP contribution in [-0.4, -0.2) is 23.7 Å². The van der Waals surface area contributed by atoms with E-state index in [0.717, 1.165) is 6.42 Å². The van der Waals surface area contributed by atoms with Crippen LogP contribution in [0.5, 0.6) is 11.5 Å². The minimum absolute atomic E-state index is 0.0266. The third kappa shape index (κ3) is 9.31. The lowest BCUT2D eigenvalue weighted by atomic mass is 10.1. The second kappa shape index (κ2) is 14.5. The van der Waals surface area contributed by atoms with Crippen molar-refractivity contribution in [2.45, 2.75) is 71.1 Å². The van der Waals surface area contributed by atoms with E-state index in [1.54, 1.807) is 24.3 Å². The van der Waals surface area contributed by atoms with Gasteiger partial charge in [-0.25, -0.2) is 9.59 Å². The molecule has 2 aromatic carbocycles. The van der Waals surface area contributed by atoms with Gasteiger partial charge < -0.3 is 14.6 Å². The normalized spacial score (nSPS) is 10.7. The van der Waals surface area contributed by atoms with Crippen LogP contribution in [0.4, 0.5) is 0 Å². The van der Waals surface area contributed by atoms with Crippen molar-refractivity contribution in [1.82, 2.24) is 0 Å². The molecule has 0 atom stereocenters. The highest BCUT2D eigenvalue weighted by atomic mass is 35.5. The van der Waals surface area contributed by atoms with Gasteiger partial charge in [-0.1, -0.05) is 76.3 Å². The monoisotopic (exact) mass is 460 g/mol. The van der Waals surface area contributed by atoms with Gasteiger partial charge in [-0.15, -0.1) is 0 Å². The van der Waals surface area contributed by atoms with Gasteiger partial charge in [0.15, 0.2) is 0 Å². The number of unbranched alkanes of at least 4 members (excludes halogenated alkanes) is 9. The molecule has 5 nitrogen and oxygen atoms in total. The van der Waals surface area contributed by atoms with Crippen LogP contribution in [-0.2, 0) is 0 Å². The van der Waals surface area contributed by atoms with Crippen LogP contribution < -0.4 is 9.47 Å². The molecule has 0 amide bonds. The van der Waals surface area contributed by atoms with E-state index in [-0.39, 0.29) is 16.3 Å². The lowest BCUT2D eigenvalue weighted by Crippen LogP contribution is -2.09. The Hall–Kier alpha value is -2.53. The molecule has 6 heteroatoms. The van der Waals surface area contributed by atoms with E-state index in [1.807, 2.05) is 0 Å². The summed E-state index contributed by atoms with van der Waals surface area (Å²) in [6.45, 7) is 2.90. The first-order chi connectivity index (χ1) is 15.5. The maximum absolute atomic E-state index is 12.3. The van der Waals surface area contributed by atoms with Crippen molar-refractivity contribution in [2.75, 3.05) is 6.61 Å². The van der Waals surface area contributed by atoms with E-state index in [2.05, 4.69) is 6.92 Å². The SMILES string of the molecule is CCCCCCCCCCCCOc1ccc(C(=O)Oc2ccc(C(=O)O)cc2Cl)cc1. The first kappa shape index (κ1) is 25.7. The minimum Gasteiger partial charge on any atom is -0.494 e. The number of hydrogen-bond acceptors (Lipinski definition) is 4. The van der Waals surface area contributed by atoms with Crippen LogP contribution in [0.2, 0.25) is 5.02 Å². The lowest BCUT2D eigenvalue weighted by Gasteiger charge is -2.09. The molecule has 0 radical (unpaired) electrons. The highest BCUT2D eigenvalue weighted by molar-refractivity contribution is 6.32. The van der Waals surface area contributed by atoms with Gasteiger partial charge in [-0.2, -0.15) is 0 Å². The summed E-state index contributed by atoms with van der Waals surface area (Å²) in [5.74, 6) is -0.848. The summed E-state index contributed by atoms with van der Waals surface area (Å²) >= 11 is 6.01. The van der Waals surface area contributed by atoms with Crippen molar-refractivity contribution in [3.8, 4) is 11.5 Å². The molecular formula is C26H33ClO5. The second-order valence-electron chi connectivity index (χ2n) is 7.89. The number of carbonyl (C=O) groups excluding carboxylic acids is 1. The first-order valence-corrected chi connectivity index (χ1v) is 11.9. The van der Waals surface area contributed by atoms with E-state index < -0.39 is 11.9 Å². The Balaban J connectivity index is 1.65. The van der Waals surface area contributed by atoms with Crippen molar-refractivity contribution in [3.63, 3.8) is 0 Å². The van der Waals surface area contributed by atoms with E-state index >= 15 is 0 Å². The van der Waals surface area contributed by atoms with Gasteiger partial charge in [0, 0.05) is 0 Å². The highest BCUT2D eigenvalue weighted by Crippen LogP contribution is 2.26. The van der Waals surface area contributed by atoms with Gasteiger partial charge in [0.2, 0.25) is 0 Å². The number of aromatic carboxylic acids is 1. The van der Waals surface area contributed by atoms with Crippen LogP contribution in [0, 0.1) is 0 Å². The fraction of sp³-hybridized carbons (Fsp3) is 0.462. The Bertz CT molecular complexity index is 848. The minimum atomic E-state index is -1.10. The molecule has 0 bridgehead atoms. The molecule has 32 heavy (non-hydrogen) atoms. The Kier molecular flexibility index (Phi) is 11.7. The summed E-state index contributed by atoms with van der Waals surface area (Å²) in [6, 6.07) is 10.7. The zero-order valence-corrected chi connectivity index (χ0v) is 19.5. The number of rotatable bonds is 15. The molecule has 0 heterocycles. The van der Waals surface area contributed by atoms with Crippen LogP contribution in [0.3, 0.4) is 0 Å². The molecule has 174 valence electrons. The summed E-state index contributed by atoms with van der Waals surface area (Å²) in [5.41, 5.74) is 0.383. The summed E-state index contributed by atoms with van der Waals surface area (Å²) in [5, 5.41) is 9.03. The Labute approximate surface area is 195 Å². The molecule has 2 rings (SSSR count). The van der Waals surface area contributed by atoms with E-state index in [1.165, 1.54) is 76.0 Å². The molecule has 0 spiro atoms. The maximum atomic E-state index is 12.3. The first-order valence-electron chi connectivity index (χ1n) is 11.5. The zero-order chi connectivity index (χ0) is 23.2. The fourth-order valence-electron chi connectivity index (χ4n) is 3.34. The van der Waals surface area contributed by atoms with Crippen molar-refractivity contribution in [2.24, 2.45) is 0 Å². The molecule has 0 aliphatic rings. The van der Waals surface area contributed by atoms with Crippen LogP contribution in [0.15, 0.2) is 42.5 Å². The zero-order valence-electron chi connectivity index (χ0n) is 18.8. The highest BCUT2D eigenvalue weighted by Gasteiger charge is 2.13. The van der Waals surface area contributed by atoms with Gasteiger partial charge in [0.1, 0.15) is 11.5 Å². The number of halogens is 1. The average Bonchev–Trinajstić information content (AvgIpc) is 2.79. The van der Waals surface area contributed by atoms with E-state index in [0.29, 0.717) is 17.9 Å². The van der Waals surface area contributed by atoms with E-state index in [4.69, 9.17) is 26.2 Å². The fourth-order valence-corrected chi connectivity index (χ4v) is 3.56. The van der Waals surface area contributed by atoms with Gasteiger partial charge in [0.25, 0.3) is 0 Å². The lowest BCUT2D eigenvalue weighted by molar-refractivity contribution is 0.0696. The van der Waals surface area contributed by atoms with E-state index in [9.17, 15) is 9.59 Å². The van der Waals surface area contributed by atoms with Crippen molar-refractivity contribution in [3.05, 3.63) is 58.6 Å². The van der Waals surface area contributed by atoms with Gasteiger partial charge >= 0.3 is 11.9 Å². The predicted molar refractivity (Wildman–Crippen MR) is 127 cm³/mol. The third-order valence-electron chi connectivity index (χ3n) is 5.24. The topological polar surface area (TPSA) is 72.8 Å². The quantitative estimate of drug-likeness (QED) is 0.168. The average molecular weight is 461 g/mol. The number of carbonyl (C=O) groups is 2. The second-order valence-corrected chi connectivity index (χ2v) is 8.30. The number of hydrogen-bond donors (Lipinski definition) is 1. The molecule has 0 aliphatic carbocycles.